The molecule has 1 saturated heterocycles. The van der Waals surface area contributed by atoms with Crippen LogP contribution in [0.3, 0.4) is 0 Å². The molecule has 22 heavy (non-hydrogen) atoms. The molecule has 3 rings (SSSR count). The van der Waals surface area contributed by atoms with Gasteiger partial charge in [-0.1, -0.05) is 37.3 Å². The molecule has 118 valence electrons. The summed E-state index contributed by atoms with van der Waals surface area (Å²) in [6, 6.07) is 9.38. The van der Waals surface area contributed by atoms with Gasteiger partial charge < -0.3 is 19.9 Å². The van der Waals surface area contributed by atoms with E-state index in [1.165, 1.54) is 0 Å². The first-order chi connectivity index (χ1) is 10.6. The molecule has 1 aliphatic heterocycles. The third-order valence-electron chi connectivity index (χ3n) is 4.54. The number of carboxylic acids is 1. The molecule has 5 atom stereocenters. The van der Waals surface area contributed by atoms with Crippen molar-refractivity contribution in [3.63, 3.8) is 0 Å². The molecule has 1 aliphatic carbocycles. The van der Waals surface area contributed by atoms with E-state index in [0.29, 0.717) is 13.0 Å². The number of carbonyl (C=O) groups excluding carboxylic acids is 1. The van der Waals surface area contributed by atoms with Gasteiger partial charge in [-0.2, -0.15) is 0 Å². The molecule has 0 spiro atoms. The molecule has 1 aromatic rings. The molecule has 6 heteroatoms. The quantitative estimate of drug-likeness (QED) is 0.886. The summed E-state index contributed by atoms with van der Waals surface area (Å²) in [5.41, 5.74) is 1.01. The second kappa shape index (κ2) is 5.96. The molecule has 2 N–H and O–H groups in total. The molecular formula is C16H19NO5. The SMILES string of the molecule is C[C@H]1[C@H](OCc2ccccc2)[C@H]2NC(=O)O[C@H]2C[C@@H]1C(=O)O. The van der Waals surface area contributed by atoms with Crippen molar-refractivity contribution < 1.29 is 24.2 Å². The van der Waals surface area contributed by atoms with Crippen LogP contribution in [0.4, 0.5) is 4.79 Å². The molecule has 1 aromatic carbocycles. The number of ether oxygens (including phenoxy) is 2. The fourth-order valence-corrected chi connectivity index (χ4v) is 3.33. The number of amides is 1. The van der Waals surface area contributed by atoms with Crippen LogP contribution in [0.1, 0.15) is 18.9 Å². The lowest BCUT2D eigenvalue weighted by Gasteiger charge is -2.39. The molecule has 1 heterocycles. The maximum Gasteiger partial charge on any atom is 0.407 e. The maximum absolute atomic E-state index is 11.5. The molecule has 0 unspecified atom stereocenters. The van der Waals surface area contributed by atoms with E-state index >= 15 is 0 Å². The van der Waals surface area contributed by atoms with Crippen LogP contribution in [0.25, 0.3) is 0 Å². The van der Waals surface area contributed by atoms with Crippen LogP contribution in [0.5, 0.6) is 0 Å². The summed E-state index contributed by atoms with van der Waals surface area (Å²) in [5, 5.41) is 12.1. The maximum atomic E-state index is 11.5. The highest BCUT2D eigenvalue weighted by atomic mass is 16.6. The van der Waals surface area contributed by atoms with E-state index in [1.54, 1.807) is 0 Å². The van der Waals surface area contributed by atoms with Crippen LogP contribution in [0.15, 0.2) is 30.3 Å². The zero-order chi connectivity index (χ0) is 15.7. The Morgan fingerprint density at radius 1 is 1.41 bits per heavy atom. The highest BCUT2D eigenvalue weighted by molar-refractivity contribution is 5.73. The van der Waals surface area contributed by atoms with E-state index in [-0.39, 0.29) is 18.1 Å². The number of benzene rings is 1. The number of rotatable bonds is 4. The fourth-order valence-electron chi connectivity index (χ4n) is 3.33. The molecule has 2 aliphatic rings. The van der Waals surface area contributed by atoms with Gasteiger partial charge in [0.1, 0.15) is 6.10 Å². The molecule has 1 amide bonds. The van der Waals surface area contributed by atoms with Gasteiger partial charge in [0, 0.05) is 6.42 Å². The van der Waals surface area contributed by atoms with E-state index in [1.807, 2.05) is 37.3 Å². The molecule has 0 aromatic heterocycles. The van der Waals surface area contributed by atoms with Crippen molar-refractivity contribution in [2.45, 2.75) is 38.2 Å². The summed E-state index contributed by atoms with van der Waals surface area (Å²) in [6.45, 7) is 2.23. The van der Waals surface area contributed by atoms with Crippen molar-refractivity contribution in [2.75, 3.05) is 0 Å². The number of aliphatic carboxylic acids is 1. The smallest absolute Gasteiger partial charge is 0.407 e. The van der Waals surface area contributed by atoms with Gasteiger partial charge in [-0.25, -0.2) is 4.79 Å². The number of carbonyl (C=O) groups is 2. The highest BCUT2D eigenvalue weighted by Crippen LogP contribution is 2.36. The van der Waals surface area contributed by atoms with Gasteiger partial charge >= 0.3 is 12.1 Å². The Morgan fingerprint density at radius 2 is 2.14 bits per heavy atom. The van der Waals surface area contributed by atoms with Gasteiger partial charge in [-0.15, -0.1) is 0 Å². The predicted molar refractivity (Wildman–Crippen MR) is 77.1 cm³/mol. The van der Waals surface area contributed by atoms with Crippen LogP contribution in [-0.4, -0.2) is 35.4 Å². The summed E-state index contributed by atoms with van der Waals surface area (Å²) < 4.78 is 11.1. The minimum Gasteiger partial charge on any atom is -0.481 e. The van der Waals surface area contributed by atoms with E-state index < -0.39 is 24.1 Å². The molecule has 0 bridgehead atoms. The summed E-state index contributed by atoms with van der Waals surface area (Å²) in [6.07, 6.45) is -0.996. The molecule has 2 fully saturated rings. The van der Waals surface area contributed by atoms with Gasteiger partial charge in [-0.3, -0.25) is 4.79 Å². The monoisotopic (exact) mass is 305 g/mol. The first-order valence-corrected chi connectivity index (χ1v) is 7.41. The number of hydrogen-bond donors (Lipinski definition) is 2. The predicted octanol–water partition coefficient (Wildman–Crippen LogP) is 1.79. The minimum absolute atomic E-state index is 0.204. The van der Waals surface area contributed by atoms with E-state index in [4.69, 9.17) is 9.47 Å². The van der Waals surface area contributed by atoms with Crippen molar-refractivity contribution in [3.05, 3.63) is 35.9 Å². The first-order valence-electron chi connectivity index (χ1n) is 7.41. The van der Waals surface area contributed by atoms with E-state index in [0.717, 1.165) is 5.56 Å². The first kappa shape index (κ1) is 14.8. The van der Waals surface area contributed by atoms with Crippen LogP contribution in [0, 0.1) is 11.8 Å². The van der Waals surface area contributed by atoms with Crippen LogP contribution >= 0.6 is 0 Å². The average molecular weight is 305 g/mol. The zero-order valence-electron chi connectivity index (χ0n) is 12.3. The lowest BCUT2D eigenvalue weighted by Crippen LogP contribution is -2.54. The summed E-state index contributed by atoms with van der Waals surface area (Å²) in [4.78, 5) is 22.9. The van der Waals surface area contributed by atoms with Crippen molar-refractivity contribution in [1.29, 1.82) is 0 Å². The Hall–Kier alpha value is -2.08. The second-order valence-corrected chi connectivity index (χ2v) is 5.91. The van der Waals surface area contributed by atoms with E-state index in [2.05, 4.69) is 5.32 Å². The standard InChI is InChI=1S/C16H19NO5/c1-9-11(15(18)19)7-12-13(17-16(20)22-12)14(9)21-8-10-5-3-2-4-6-10/h2-6,9,11-14H,7-8H2,1H3,(H,17,20)(H,18,19)/t9-,11+,12+,13+,14+/m1/s1. The molecule has 6 nitrogen and oxygen atoms in total. The summed E-state index contributed by atoms with van der Waals surface area (Å²) in [7, 11) is 0. The normalized spacial score (nSPS) is 33.7. The van der Waals surface area contributed by atoms with Gasteiger partial charge in [0.25, 0.3) is 0 Å². The third kappa shape index (κ3) is 2.78. The lowest BCUT2D eigenvalue weighted by atomic mass is 9.74. The molecular weight excluding hydrogens is 286 g/mol. The number of alkyl carbamates (subject to hydrolysis) is 1. The third-order valence-corrected chi connectivity index (χ3v) is 4.54. The number of fused-ring (bicyclic) bond motifs is 1. The zero-order valence-corrected chi connectivity index (χ0v) is 12.3. The second-order valence-electron chi connectivity index (χ2n) is 5.91. The number of nitrogens with one attached hydrogen (secondary N) is 1. The van der Waals surface area contributed by atoms with Crippen molar-refractivity contribution >= 4 is 12.1 Å². The van der Waals surface area contributed by atoms with Gasteiger partial charge in [-0.05, 0) is 11.5 Å². The van der Waals surface area contributed by atoms with Gasteiger partial charge in [0.15, 0.2) is 0 Å². The Kier molecular flexibility index (Phi) is 4.02. The van der Waals surface area contributed by atoms with Crippen LogP contribution < -0.4 is 5.32 Å². The average Bonchev–Trinajstić information content (AvgIpc) is 2.87. The van der Waals surface area contributed by atoms with Crippen LogP contribution in [-0.2, 0) is 20.9 Å². The number of carboxylic acid groups (broad SMARTS) is 1. The Balaban J connectivity index is 1.76. The Labute approximate surface area is 128 Å². The minimum atomic E-state index is -0.873. The highest BCUT2D eigenvalue weighted by Gasteiger charge is 2.51. The van der Waals surface area contributed by atoms with Crippen LogP contribution in [0.2, 0.25) is 0 Å². The summed E-state index contributed by atoms with van der Waals surface area (Å²) >= 11 is 0. The van der Waals surface area contributed by atoms with Crippen molar-refractivity contribution in [1.82, 2.24) is 5.32 Å². The van der Waals surface area contributed by atoms with Crippen molar-refractivity contribution in [3.8, 4) is 0 Å². The largest absolute Gasteiger partial charge is 0.481 e. The van der Waals surface area contributed by atoms with Gasteiger partial charge in [0.05, 0.1) is 24.7 Å². The fraction of sp³-hybridized carbons (Fsp3) is 0.500. The Morgan fingerprint density at radius 3 is 2.82 bits per heavy atom. The Bertz CT molecular complexity index is 561. The van der Waals surface area contributed by atoms with E-state index in [9.17, 15) is 14.7 Å². The lowest BCUT2D eigenvalue weighted by molar-refractivity contribution is -0.153. The van der Waals surface area contributed by atoms with Crippen molar-refractivity contribution in [2.24, 2.45) is 11.8 Å². The topological polar surface area (TPSA) is 84.9 Å². The molecule has 1 saturated carbocycles. The van der Waals surface area contributed by atoms with Gasteiger partial charge in [0.2, 0.25) is 0 Å². The summed E-state index contributed by atoms with van der Waals surface area (Å²) in [5.74, 6) is -1.65. The molecule has 0 radical (unpaired) electrons. The number of hydrogen-bond acceptors (Lipinski definition) is 4.